The maximum atomic E-state index is 10.9. The minimum Gasteiger partial charge on any atom is 1.00 e. The number of anilines is 2. The number of halogens is 4. The molecule has 8 rings (SSSR count). The molecular weight excluding hydrogens is 1350 g/mol. The van der Waals surface area contributed by atoms with Crippen molar-refractivity contribution in [1.82, 2.24) is 9.97 Å². The molecule has 6 atom stereocenters. The fourth-order valence-electron chi connectivity index (χ4n) is 10.6. The topological polar surface area (TPSA) is 165 Å². The standard InChI is InChI=1S/C29H42O8S2.C21H27N2.2C5H4BrN.2ClH.2Na.Ru/c1-23-17-25(19-28(23)21-36-13-5-15-38(30,31)32)11-12-27-18-26(10-9-24-7-3-2-4-8-24)20-29(27)22-37-14-6-16-39(33,34)35;1-14-9-16(3)20(17(4)10-14)22-7-8-23(13-22)21-18(5)11-15(2)12-19(21)6;2*6-5-2-1-3-7-4-5;;;;;/h1-4,7-12,23,25-29H,5-6,13-22H2,(H,30,31,32)(H,33,34,35);9-13H,7-8H2,1-6H3;2*1-4H;2*1H;;;/q;-1;;;;;2*+1;+2/p-4/b10-9-,12-11-;;;;;;;;. The van der Waals surface area contributed by atoms with Gasteiger partial charge in [-0.15, -0.1) is 0 Å². The summed E-state index contributed by atoms with van der Waals surface area (Å²) in [5.74, 6) is 0.887. The van der Waals surface area contributed by atoms with Crippen LogP contribution in [-0.4, -0.2) is 91.5 Å². The average Bonchev–Trinajstić information content (AvgIpc) is 4.26. The van der Waals surface area contributed by atoms with Gasteiger partial charge in [-0.25, -0.2) is 8.42 Å². The first kappa shape index (κ1) is 74.1. The van der Waals surface area contributed by atoms with Gasteiger partial charge in [0.15, 0.2) is 0 Å². The smallest absolute Gasteiger partial charge is 1.00 e. The molecule has 3 heterocycles. The molecule has 2 aromatic heterocycles. The summed E-state index contributed by atoms with van der Waals surface area (Å²) in [5, 5.41) is 0. The number of aromatic nitrogens is 2. The number of hydrogen-bond acceptors (Lipinski definition) is 12. The van der Waals surface area contributed by atoms with Gasteiger partial charge in [0.25, 0.3) is 0 Å². The molecule has 0 N–H and O–H groups in total. The molecule has 2 saturated carbocycles. The van der Waals surface area contributed by atoms with Crippen molar-refractivity contribution in [3.8, 4) is 0 Å². The molecule has 12 nitrogen and oxygen atoms in total. The van der Waals surface area contributed by atoms with Crippen LogP contribution in [-0.2, 0) is 43.2 Å². The van der Waals surface area contributed by atoms with Crippen molar-refractivity contribution in [3.63, 3.8) is 0 Å². The maximum absolute atomic E-state index is 10.9. The Bertz CT molecular complexity index is 2850. The van der Waals surface area contributed by atoms with Gasteiger partial charge >= 0.3 is 265 Å². The van der Waals surface area contributed by atoms with E-state index in [9.17, 15) is 25.9 Å². The van der Waals surface area contributed by atoms with Gasteiger partial charge in [-0.2, -0.15) is 6.67 Å². The molecule has 6 unspecified atom stereocenters. The van der Waals surface area contributed by atoms with E-state index >= 15 is 0 Å². The van der Waals surface area contributed by atoms with Crippen molar-refractivity contribution in [2.45, 2.75) is 80.1 Å². The number of nitrogens with zero attached hydrogens (tertiary/aromatic N) is 4. The van der Waals surface area contributed by atoms with Crippen LogP contribution in [0.15, 0.2) is 131 Å². The Balaban J connectivity index is 0.000000363. The summed E-state index contributed by atoms with van der Waals surface area (Å²) in [7, 11) is 3.94. The molecule has 434 valence electrons. The van der Waals surface area contributed by atoms with E-state index in [1.807, 2.05) is 42.5 Å². The van der Waals surface area contributed by atoms with Crippen molar-refractivity contribution in [2.75, 3.05) is 60.8 Å². The summed E-state index contributed by atoms with van der Waals surface area (Å²) in [6.45, 7) is 19.0. The quantitative estimate of drug-likeness (QED) is 0.0259. The normalized spacial score (nSPS) is 19.8. The van der Waals surface area contributed by atoms with E-state index in [-0.39, 0.29) is 103 Å². The fraction of sp³-hybridized carbons (Fsp3) is 0.433. The van der Waals surface area contributed by atoms with Gasteiger partial charge in [0.05, 0.1) is 10.1 Å². The summed E-state index contributed by atoms with van der Waals surface area (Å²) in [4.78, 5) is 12.5. The Morgan fingerprint density at radius 1 is 0.630 bits per heavy atom. The van der Waals surface area contributed by atoms with E-state index < -0.39 is 45.3 Å². The summed E-state index contributed by atoms with van der Waals surface area (Å²) in [6, 6.07) is 26.9. The Labute approximate surface area is 557 Å². The molecule has 0 bridgehead atoms. The van der Waals surface area contributed by atoms with E-state index in [0.29, 0.717) is 31.0 Å². The monoisotopic (exact) mass is 1420 g/mol. The molecule has 2 aliphatic carbocycles. The Morgan fingerprint density at radius 2 is 1.06 bits per heavy atom. The molecule has 0 amide bonds. The first-order chi connectivity index (χ1) is 37.5. The van der Waals surface area contributed by atoms with E-state index in [0.717, 1.165) is 53.3 Å². The first-order valence-corrected chi connectivity index (χ1v) is 36.7. The Kier molecular flexibility index (Phi) is 34.9. The van der Waals surface area contributed by atoms with Gasteiger partial charge in [0.2, 0.25) is 0 Å². The molecule has 5 aromatic rings. The van der Waals surface area contributed by atoms with Gasteiger partial charge < -0.3 is 14.4 Å². The summed E-state index contributed by atoms with van der Waals surface area (Å²) in [5.41, 5.74) is 12.0. The zero-order chi connectivity index (χ0) is 57.5. The van der Waals surface area contributed by atoms with Crippen LogP contribution in [0.4, 0.5) is 11.4 Å². The molecule has 21 heteroatoms. The van der Waals surface area contributed by atoms with Crippen LogP contribution < -0.4 is 68.9 Å². The van der Waals surface area contributed by atoms with E-state index in [4.69, 9.17) is 28.9 Å². The van der Waals surface area contributed by atoms with Crippen molar-refractivity contribution < 1.29 is 108 Å². The van der Waals surface area contributed by atoms with Crippen molar-refractivity contribution >= 4 is 93.5 Å². The van der Waals surface area contributed by atoms with Crippen molar-refractivity contribution in [3.05, 3.63) is 176 Å². The summed E-state index contributed by atoms with van der Waals surface area (Å²) < 4.78 is 80.8. The first-order valence-electron chi connectivity index (χ1n) is 26.5. The molecule has 3 aliphatic rings. The van der Waals surface area contributed by atoms with Gasteiger partial charge in [-0.3, -0.25) is 9.97 Å². The number of ether oxygens (including phenoxy) is 2. The zero-order valence-corrected chi connectivity index (χ0v) is 59.9. The Hall–Kier alpha value is -1.19. The third kappa shape index (κ3) is 28.5. The van der Waals surface area contributed by atoms with Crippen LogP contribution in [0.1, 0.15) is 77.5 Å². The molecule has 81 heavy (non-hydrogen) atoms. The van der Waals surface area contributed by atoms with Crippen LogP contribution in [0.2, 0.25) is 0 Å². The average molecular weight is 1420 g/mol. The number of hydrogen-bond donors (Lipinski definition) is 0. The predicted molar refractivity (Wildman–Crippen MR) is 326 cm³/mol. The third-order valence-electron chi connectivity index (χ3n) is 13.8. The second-order valence-electron chi connectivity index (χ2n) is 20.5. The molecule has 1 aliphatic heterocycles. The fourth-order valence-corrected chi connectivity index (χ4v) is 14.7. The third-order valence-corrected chi connectivity index (χ3v) is 18.5. The number of aryl methyl sites for hydroxylation is 6. The van der Waals surface area contributed by atoms with E-state index in [1.54, 1.807) is 24.8 Å². The van der Waals surface area contributed by atoms with Gasteiger partial charge in [0.1, 0.15) is 0 Å². The summed E-state index contributed by atoms with van der Waals surface area (Å²) in [6.07, 6.45) is 20.1. The van der Waals surface area contributed by atoms with E-state index in [2.05, 4.69) is 165 Å². The SMILES string of the molecule is Brc1cccnc1.Brc1cccnc1.Cc1cc(C)c(N2[CH-]N(c3c(C)cc(C)cc3C)CC2)c(C)c1.O=S(=O)([O-])CCCOCC1CC(/C=C\C2CC(/C=C\c3ccccc3)CC2COCCCS(=O)(=O)[O-])CC1[CH]=[Ru]([Cl])[Cl].[Na+].[Na+]. The van der Waals surface area contributed by atoms with Crippen LogP contribution in [0.3, 0.4) is 0 Å². The van der Waals surface area contributed by atoms with Crippen LogP contribution >= 0.6 is 51.2 Å². The molecular formula is C60H75Br2Cl2N4Na2O8RuS2-. The minimum absolute atomic E-state index is 0. The summed E-state index contributed by atoms with van der Waals surface area (Å²) >= 11 is 4.51. The predicted octanol–water partition coefficient (Wildman–Crippen LogP) is 7.85. The second-order valence-corrected chi connectivity index (χ2v) is 31.2. The number of rotatable bonds is 19. The number of allylic oxidation sites excluding steroid dienone is 3. The maximum Gasteiger partial charge on any atom is 1.00 e. The second kappa shape index (κ2) is 38.2. The number of benzene rings is 3. The molecule has 0 radical (unpaired) electrons. The van der Waals surface area contributed by atoms with Gasteiger partial charge in [-0.05, 0) is 120 Å². The number of pyridine rings is 2. The van der Waals surface area contributed by atoms with Crippen LogP contribution in [0, 0.1) is 83.7 Å². The molecule has 3 aromatic carbocycles. The molecule has 0 spiro atoms. The Morgan fingerprint density at radius 3 is 1.46 bits per heavy atom. The van der Waals surface area contributed by atoms with E-state index in [1.165, 1.54) is 44.8 Å². The zero-order valence-electron chi connectivity index (χ0n) is 47.9. The van der Waals surface area contributed by atoms with Crippen LogP contribution in [0.5, 0.6) is 0 Å². The largest absolute Gasteiger partial charge is 1.00 e. The molecule has 1 saturated heterocycles. The van der Waals surface area contributed by atoms with Crippen molar-refractivity contribution in [1.29, 1.82) is 0 Å². The van der Waals surface area contributed by atoms with Crippen molar-refractivity contribution in [2.24, 2.45) is 35.5 Å². The van der Waals surface area contributed by atoms with Crippen LogP contribution in [0.25, 0.3) is 6.08 Å². The molecule has 3 fully saturated rings. The van der Waals surface area contributed by atoms with Gasteiger partial charge in [0, 0.05) is 63.9 Å². The minimum atomic E-state index is -4.24. The van der Waals surface area contributed by atoms with Gasteiger partial charge in [-0.1, -0.05) is 65.7 Å².